The number of benzene rings is 1. The minimum Gasteiger partial charge on any atom is -0.466 e. The van der Waals surface area contributed by atoms with Gasteiger partial charge in [-0.15, -0.1) is 0 Å². The molecule has 0 bridgehead atoms. The van der Waals surface area contributed by atoms with Gasteiger partial charge in [-0.2, -0.15) is 0 Å². The first-order valence-electron chi connectivity index (χ1n) is 9.45. The summed E-state index contributed by atoms with van der Waals surface area (Å²) in [4.78, 5) is 23.5. The second-order valence-corrected chi connectivity index (χ2v) is 7.59. The lowest BCUT2D eigenvalue weighted by Gasteiger charge is -2.08. The van der Waals surface area contributed by atoms with Crippen LogP contribution in [0.4, 0.5) is 0 Å². The normalized spacial score (nSPS) is 10.7. The van der Waals surface area contributed by atoms with Crippen molar-refractivity contribution < 1.29 is 19.1 Å². The van der Waals surface area contributed by atoms with Crippen LogP contribution in [0.1, 0.15) is 71.1 Å². The van der Waals surface area contributed by atoms with Gasteiger partial charge in [-0.05, 0) is 18.9 Å². The summed E-state index contributed by atoms with van der Waals surface area (Å²) in [6.07, 6.45) is 8.78. The number of esters is 2. The molecule has 0 spiro atoms. The van der Waals surface area contributed by atoms with Crippen molar-refractivity contribution in [3.8, 4) is 5.75 Å². The zero-order valence-corrected chi connectivity index (χ0v) is 18.0. The minimum absolute atomic E-state index is 0.0764. The molecule has 0 radical (unpaired) electrons. The number of unbranched alkanes of at least 4 members (excludes halogenated alkanes) is 6. The molecule has 0 aliphatic heterocycles. The minimum atomic E-state index is -0.505. The first kappa shape index (κ1) is 24.1. The Morgan fingerprint density at radius 1 is 0.852 bits per heavy atom. The van der Waals surface area contributed by atoms with E-state index in [1.807, 2.05) is 0 Å². The first-order valence-corrected chi connectivity index (χ1v) is 10.6. The summed E-state index contributed by atoms with van der Waals surface area (Å²) in [7, 11) is 0. The van der Waals surface area contributed by atoms with Gasteiger partial charge in [-0.25, -0.2) is 0 Å². The van der Waals surface area contributed by atoms with Crippen molar-refractivity contribution in [2.24, 2.45) is 0 Å². The van der Waals surface area contributed by atoms with Crippen LogP contribution < -0.4 is 4.74 Å². The van der Waals surface area contributed by atoms with Crippen LogP contribution in [0, 0.1) is 0 Å². The van der Waals surface area contributed by atoms with Gasteiger partial charge in [0.05, 0.1) is 11.6 Å². The van der Waals surface area contributed by atoms with E-state index in [4.69, 9.17) is 44.3 Å². The summed E-state index contributed by atoms with van der Waals surface area (Å²) in [5.41, 5.74) is 0. The summed E-state index contributed by atoms with van der Waals surface area (Å²) in [6.45, 7) is 2.63. The Balaban J connectivity index is 2.13. The lowest BCUT2D eigenvalue weighted by atomic mass is 10.1. The Kier molecular flexibility index (Phi) is 12.6. The lowest BCUT2D eigenvalue weighted by molar-refractivity contribution is -0.144. The maximum absolute atomic E-state index is 11.9. The lowest BCUT2D eigenvalue weighted by Crippen LogP contribution is -2.11. The van der Waals surface area contributed by atoms with E-state index in [9.17, 15) is 9.59 Å². The highest BCUT2D eigenvalue weighted by Crippen LogP contribution is 2.35. The molecular weight excluding hydrogens is 411 g/mol. The molecule has 0 saturated heterocycles. The largest absolute Gasteiger partial charge is 0.466 e. The zero-order chi connectivity index (χ0) is 20.1. The van der Waals surface area contributed by atoms with Gasteiger partial charge in [-0.1, -0.05) is 80.3 Å². The predicted molar refractivity (Wildman–Crippen MR) is 110 cm³/mol. The fourth-order valence-electron chi connectivity index (χ4n) is 2.47. The molecule has 0 fully saturated rings. The van der Waals surface area contributed by atoms with E-state index in [1.165, 1.54) is 44.2 Å². The van der Waals surface area contributed by atoms with Gasteiger partial charge in [-0.3, -0.25) is 9.59 Å². The van der Waals surface area contributed by atoms with E-state index in [1.54, 1.807) is 0 Å². The van der Waals surface area contributed by atoms with Crippen LogP contribution in [0.2, 0.25) is 15.1 Å². The van der Waals surface area contributed by atoms with Gasteiger partial charge in [0.1, 0.15) is 5.02 Å². The van der Waals surface area contributed by atoms with Crippen molar-refractivity contribution in [2.75, 3.05) is 6.61 Å². The van der Waals surface area contributed by atoms with Gasteiger partial charge in [0, 0.05) is 23.9 Å². The van der Waals surface area contributed by atoms with E-state index in [0.717, 1.165) is 12.8 Å². The molecule has 0 unspecified atom stereocenters. The Morgan fingerprint density at radius 2 is 1.48 bits per heavy atom. The number of halogens is 3. The van der Waals surface area contributed by atoms with E-state index in [0.29, 0.717) is 18.1 Å². The van der Waals surface area contributed by atoms with Crippen LogP contribution in [-0.2, 0) is 14.3 Å². The average Bonchev–Trinajstić information content (AvgIpc) is 2.61. The number of carbonyl (C=O) groups excluding carboxylic acids is 2. The topological polar surface area (TPSA) is 52.6 Å². The summed E-state index contributed by atoms with van der Waals surface area (Å²) in [5.74, 6) is -0.687. The molecule has 0 heterocycles. The van der Waals surface area contributed by atoms with Crippen LogP contribution >= 0.6 is 34.8 Å². The van der Waals surface area contributed by atoms with Crippen LogP contribution in [0.3, 0.4) is 0 Å². The molecule has 0 saturated carbocycles. The van der Waals surface area contributed by atoms with Gasteiger partial charge < -0.3 is 9.47 Å². The monoisotopic (exact) mass is 436 g/mol. The van der Waals surface area contributed by atoms with E-state index in [2.05, 4.69) is 6.92 Å². The summed E-state index contributed by atoms with van der Waals surface area (Å²) < 4.78 is 10.3. The number of carbonyl (C=O) groups is 2. The Labute approximate surface area is 176 Å². The third kappa shape index (κ3) is 10.8. The predicted octanol–water partition coefficient (Wildman–Crippen LogP) is 7.02. The molecule has 4 nitrogen and oxygen atoms in total. The second-order valence-electron chi connectivity index (χ2n) is 6.37. The number of hydrogen-bond donors (Lipinski definition) is 0. The molecule has 1 aromatic carbocycles. The summed E-state index contributed by atoms with van der Waals surface area (Å²) in [5, 5.41) is 0.658. The summed E-state index contributed by atoms with van der Waals surface area (Å²) >= 11 is 17.7. The van der Waals surface area contributed by atoms with Crippen molar-refractivity contribution in [3.05, 3.63) is 27.2 Å². The van der Waals surface area contributed by atoms with Crippen molar-refractivity contribution >= 4 is 46.7 Å². The molecule has 7 heteroatoms. The molecule has 1 rings (SSSR count). The van der Waals surface area contributed by atoms with Crippen LogP contribution in [0.15, 0.2) is 12.1 Å². The molecule has 0 aromatic heterocycles. The highest BCUT2D eigenvalue weighted by Gasteiger charge is 2.13. The Morgan fingerprint density at radius 3 is 2.19 bits per heavy atom. The average molecular weight is 438 g/mol. The number of rotatable bonds is 13. The zero-order valence-electron chi connectivity index (χ0n) is 15.7. The molecule has 0 aliphatic rings. The highest BCUT2D eigenvalue weighted by molar-refractivity contribution is 6.44. The first-order chi connectivity index (χ1) is 12.9. The Hall–Kier alpha value is -0.970. The Bertz CT molecular complexity index is 605. The molecule has 0 N–H and O–H groups in total. The highest BCUT2D eigenvalue weighted by atomic mass is 35.5. The van der Waals surface area contributed by atoms with E-state index >= 15 is 0 Å². The van der Waals surface area contributed by atoms with Crippen LogP contribution in [-0.4, -0.2) is 18.5 Å². The standard InChI is InChI=1S/C20H27Cl3O4/c1-2-3-4-5-6-7-8-12-26-18(24)10-9-11-19(25)27-17-14-15(21)13-16(22)20(17)23/h13-14H,2-12H2,1H3. The maximum atomic E-state index is 11.9. The quantitative estimate of drug-likeness (QED) is 0.144. The van der Waals surface area contributed by atoms with E-state index < -0.39 is 5.97 Å². The van der Waals surface area contributed by atoms with Gasteiger partial charge >= 0.3 is 11.9 Å². The molecule has 0 aliphatic carbocycles. The van der Waals surface area contributed by atoms with Gasteiger partial charge in [0.25, 0.3) is 0 Å². The van der Waals surface area contributed by atoms with Crippen molar-refractivity contribution in [3.63, 3.8) is 0 Å². The molecule has 1 aromatic rings. The van der Waals surface area contributed by atoms with Crippen LogP contribution in [0.5, 0.6) is 5.75 Å². The fraction of sp³-hybridized carbons (Fsp3) is 0.600. The maximum Gasteiger partial charge on any atom is 0.311 e. The molecule has 0 atom stereocenters. The fourth-order valence-corrected chi connectivity index (χ4v) is 3.10. The number of ether oxygens (including phenoxy) is 2. The molecule has 27 heavy (non-hydrogen) atoms. The second kappa shape index (κ2) is 14.1. The van der Waals surface area contributed by atoms with Crippen molar-refractivity contribution in [1.82, 2.24) is 0 Å². The van der Waals surface area contributed by atoms with Gasteiger partial charge in [0.2, 0.25) is 0 Å². The van der Waals surface area contributed by atoms with E-state index in [-0.39, 0.29) is 34.6 Å². The summed E-state index contributed by atoms with van der Waals surface area (Å²) in [6, 6.07) is 2.88. The molecule has 152 valence electrons. The smallest absolute Gasteiger partial charge is 0.311 e. The third-order valence-electron chi connectivity index (χ3n) is 3.96. The third-order valence-corrected chi connectivity index (χ3v) is 4.96. The molecular formula is C20H27Cl3O4. The SMILES string of the molecule is CCCCCCCCCOC(=O)CCCC(=O)Oc1cc(Cl)cc(Cl)c1Cl. The van der Waals surface area contributed by atoms with Crippen LogP contribution in [0.25, 0.3) is 0 Å². The van der Waals surface area contributed by atoms with Crippen molar-refractivity contribution in [1.29, 1.82) is 0 Å². The molecule has 0 amide bonds. The number of hydrogen-bond acceptors (Lipinski definition) is 4. The van der Waals surface area contributed by atoms with Crippen molar-refractivity contribution in [2.45, 2.75) is 71.1 Å². The van der Waals surface area contributed by atoms with Gasteiger partial charge in [0.15, 0.2) is 5.75 Å².